The van der Waals surface area contributed by atoms with Crippen LogP contribution in [0.2, 0.25) is 10.2 Å². The third-order valence-electron chi connectivity index (χ3n) is 3.74. The Morgan fingerprint density at radius 2 is 2.00 bits per heavy atom. The molecule has 0 saturated carbocycles. The number of aromatic nitrogens is 2. The van der Waals surface area contributed by atoms with E-state index in [1.165, 1.54) is 19.3 Å². The molecule has 0 fully saturated rings. The summed E-state index contributed by atoms with van der Waals surface area (Å²) >= 11 is 12.3. The van der Waals surface area contributed by atoms with Gasteiger partial charge in [-0.3, -0.25) is 4.79 Å². The highest BCUT2D eigenvalue weighted by molar-refractivity contribution is 6.31. The molecule has 1 heterocycles. The number of aliphatic hydroxyl groups excluding tert-OH is 1. The number of ether oxygens (including phenoxy) is 1. The first-order chi connectivity index (χ1) is 12.8. The maximum absolute atomic E-state index is 12.0. The van der Waals surface area contributed by atoms with Crippen molar-refractivity contribution in [1.29, 1.82) is 0 Å². The van der Waals surface area contributed by atoms with Gasteiger partial charge >= 0.3 is 5.97 Å². The number of rotatable bonds is 7. The molecule has 0 radical (unpaired) electrons. The molecule has 0 aliphatic rings. The standard InChI is InChI=1S/C18H19Cl2N3O4/c1-11-14(7-8-16(25)21-15(10-24)18(26)27-2)17(20)23(22-11)9-12-3-5-13(19)6-4-12/h3-8,15,24H,9-10H2,1-2H3,(H,21,25)/b8-7+/t15-/m0/s1. The van der Waals surface area contributed by atoms with Crippen molar-refractivity contribution >= 4 is 41.2 Å². The first-order valence-electron chi connectivity index (χ1n) is 8.00. The number of nitrogens with one attached hydrogen (secondary N) is 1. The lowest BCUT2D eigenvalue weighted by Crippen LogP contribution is -2.43. The average molecular weight is 412 g/mol. The van der Waals surface area contributed by atoms with Gasteiger partial charge in [-0.1, -0.05) is 35.3 Å². The number of aliphatic hydroxyl groups is 1. The van der Waals surface area contributed by atoms with Gasteiger partial charge in [-0.05, 0) is 30.7 Å². The molecule has 0 aliphatic heterocycles. The van der Waals surface area contributed by atoms with Crippen molar-refractivity contribution in [3.05, 3.63) is 57.3 Å². The maximum atomic E-state index is 12.0. The molecule has 0 saturated heterocycles. The Balaban J connectivity index is 2.11. The summed E-state index contributed by atoms with van der Waals surface area (Å²) in [6.07, 6.45) is 2.72. The van der Waals surface area contributed by atoms with Gasteiger partial charge in [0.25, 0.3) is 0 Å². The van der Waals surface area contributed by atoms with E-state index >= 15 is 0 Å². The minimum atomic E-state index is -1.13. The summed E-state index contributed by atoms with van der Waals surface area (Å²) in [5.41, 5.74) is 2.20. The fourth-order valence-electron chi connectivity index (χ4n) is 2.32. The van der Waals surface area contributed by atoms with E-state index in [9.17, 15) is 9.59 Å². The van der Waals surface area contributed by atoms with Crippen molar-refractivity contribution in [3.8, 4) is 0 Å². The quantitative estimate of drug-likeness (QED) is 0.537. The molecule has 7 nitrogen and oxygen atoms in total. The van der Waals surface area contributed by atoms with Crippen LogP contribution in [-0.4, -0.2) is 46.5 Å². The second kappa shape index (κ2) is 9.55. The predicted molar refractivity (Wildman–Crippen MR) is 103 cm³/mol. The van der Waals surface area contributed by atoms with E-state index in [4.69, 9.17) is 28.3 Å². The third-order valence-corrected chi connectivity index (χ3v) is 4.39. The highest BCUT2D eigenvalue weighted by Gasteiger charge is 2.19. The van der Waals surface area contributed by atoms with Crippen LogP contribution in [0, 0.1) is 6.92 Å². The van der Waals surface area contributed by atoms with Gasteiger partial charge in [-0.15, -0.1) is 0 Å². The van der Waals surface area contributed by atoms with Gasteiger partial charge in [0.2, 0.25) is 5.91 Å². The molecule has 1 amide bonds. The zero-order valence-electron chi connectivity index (χ0n) is 14.8. The Bertz CT molecular complexity index is 847. The first kappa shape index (κ1) is 21.0. The van der Waals surface area contributed by atoms with E-state index in [2.05, 4.69) is 15.2 Å². The van der Waals surface area contributed by atoms with Crippen LogP contribution in [0.3, 0.4) is 0 Å². The van der Waals surface area contributed by atoms with Crippen molar-refractivity contribution in [1.82, 2.24) is 15.1 Å². The lowest BCUT2D eigenvalue weighted by molar-refractivity contribution is -0.145. The van der Waals surface area contributed by atoms with Gasteiger partial charge in [0.1, 0.15) is 5.15 Å². The fraction of sp³-hybridized carbons (Fsp3) is 0.278. The van der Waals surface area contributed by atoms with Gasteiger partial charge < -0.3 is 15.2 Å². The van der Waals surface area contributed by atoms with E-state index in [1.54, 1.807) is 23.7 Å². The molecule has 0 bridgehead atoms. The molecule has 2 aromatic rings. The Kier molecular flexibility index (Phi) is 7.41. The van der Waals surface area contributed by atoms with Crippen molar-refractivity contribution in [3.63, 3.8) is 0 Å². The summed E-state index contributed by atoms with van der Waals surface area (Å²) < 4.78 is 6.11. The van der Waals surface area contributed by atoms with E-state index < -0.39 is 24.5 Å². The summed E-state index contributed by atoms with van der Waals surface area (Å²) in [4.78, 5) is 23.4. The highest BCUT2D eigenvalue weighted by Crippen LogP contribution is 2.22. The number of carbonyl (C=O) groups is 2. The molecular formula is C18H19Cl2N3O4. The van der Waals surface area contributed by atoms with Crippen LogP contribution >= 0.6 is 23.2 Å². The first-order valence-corrected chi connectivity index (χ1v) is 8.76. The second-order valence-corrected chi connectivity index (χ2v) is 6.47. The Hall–Kier alpha value is -2.35. The summed E-state index contributed by atoms with van der Waals surface area (Å²) in [5.74, 6) is -1.30. The number of carbonyl (C=O) groups excluding carboxylic acids is 2. The summed E-state index contributed by atoms with van der Waals surface area (Å²) in [7, 11) is 1.17. The number of amides is 1. The topological polar surface area (TPSA) is 93.4 Å². The van der Waals surface area contributed by atoms with E-state index in [0.717, 1.165) is 5.56 Å². The predicted octanol–water partition coefficient (Wildman–Crippen LogP) is 2.21. The Labute approximate surface area is 166 Å². The van der Waals surface area contributed by atoms with E-state index in [-0.39, 0.29) is 0 Å². The molecule has 0 aliphatic carbocycles. The molecule has 0 unspecified atom stereocenters. The van der Waals surface area contributed by atoms with Crippen LogP contribution in [0.25, 0.3) is 6.08 Å². The molecule has 1 aromatic carbocycles. The van der Waals surface area contributed by atoms with Gasteiger partial charge in [0.15, 0.2) is 6.04 Å². The van der Waals surface area contributed by atoms with Gasteiger partial charge in [0, 0.05) is 16.7 Å². The molecule has 1 atom stereocenters. The Morgan fingerprint density at radius 3 is 2.59 bits per heavy atom. The zero-order valence-corrected chi connectivity index (χ0v) is 16.3. The van der Waals surface area contributed by atoms with Crippen molar-refractivity contribution in [2.75, 3.05) is 13.7 Å². The van der Waals surface area contributed by atoms with E-state index in [1.807, 2.05) is 12.1 Å². The highest BCUT2D eigenvalue weighted by atomic mass is 35.5. The monoisotopic (exact) mass is 411 g/mol. The van der Waals surface area contributed by atoms with Crippen molar-refractivity contribution in [2.24, 2.45) is 0 Å². The van der Waals surface area contributed by atoms with Gasteiger partial charge in [-0.2, -0.15) is 5.10 Å². The van der Waals surface area contributed by atoms with Crippen LogP contribution in [-0.2, 0) is 20.9 Å². The number of nitrogens with zero attached hydrogens (tertiary/aromatic N) is 2. The van der Waals surface area contributed by atoms with Gasteiger partial charge in [0.05, 0.1) is 26.0 Å². The third kappa shape index (κ3) is 5.56. The summed E-state index contributed by atoms with van der Waals surface area (Å²) in [6, 6.07) is 6.19. The molecule has 1 aromatic heterocycles. The normalized spacial score (nSPS) is 12.2. The number of halogens is 2. The van der Waals surface area contributed by atoms with Crippen LogP contribution in [0.15, 0.2) is 30.3 Å². The largest absolute Gasteiger partial charge is 0.467 e. The molecule has 0 spiro atoms. The number of aryl methyl sites for hydroxylation is 1. The lowest BCUT2D eigenvalue weighted by Gasteiger charge is -2.11. The number of esters is 1. The van der Waals surface area contributed by atoms with Crippen LogP contribution in [0.4, 0.5) is 0 Å². The minimum absolute atomic E-state index is 0.373. The van der Waals surface area contributed by atoms with Crippen molar-refractivity contribution < 1.29 is 19.4 Å². The SMILES string of the molecule is COC(=O)[C@H](CO)NC(=O)/C=C/c1c(C)nn(Cc2ccc(Cl)cc2)c1Cl. The number of hydrogen-bond donors (Lipinski definition) is 2. The maximum Gasteiger partial charge on any atom is 0.330 e. The number of methoxy groups -OCH3 is 1. The van der Waals surface area contributed by atoms with Gasteiger partial charge in [-0.25, -0.2) is 9.48 Å². The summed E-state index contributed by atoms with van der Waals surface area (Å²) in [5, 5.41) is 16.9. The lowest BCUT2D eigenvalue weighted by atomic mass is 10.2. The molecular weight excluding hydrogens is 393 g/mol. The fourth-order valence-corrected chi connectivity index (χ4v) is 2.75. The Morgan fingerprint density at radius 1 is 1.33 bits per heavy atom. The van der Waals surface area contributed by atoms with Crippen molar-refractivity contribution in [2.45, 2.75) is 19.5 Å². The average Bonchev–Trinajstić information content (AvgIpc) is 2.92. The molecule has 9 heteroatoms. The minimum Gasteiger partial charge on any atom is -0.467 e. The summed E-state index contributed by atoms with van der Waals surface area (Å²) in [6.45, 7) is 1.66. The van der Waals surface area contributed by atoms with Crippen LogP contribution < -0.4 is 5.32 Å². The zero-order chi connectivity index (χ0) is 20.0. The molecule has 2 N–H and O–H groups in total. The van der Waals surface area contributed by atoms with Crippen LogP contribution in [0.1, 0.15) is 16.8 Å². The smallest absolute Gasteiger partial charge is 0.330 e. The molecule has 2 rings (SSSR count). The molecule has 27 heavy (non-hydrogen) atoms. The van der Waals surface area contributed by atoms with Crippen LogP contribution in [0.5, 0.6) is 0 Å². The molecule has 144 valence electrons. The number of hydrogen-bond acceptors (Lipinski definition) is 5. The number of benzene rings is 1. The second-order valence-electron chi connectivity index (χ2n) is 5.67. The van der Waals surface area contributed by atoms with E-state index in [0.29, 0.717) is 28.0 Å².